The first-order valence-electron chi connectivity index (χ1n) is 6.39. The third kappa shape index (κ3) is 3.43. The molecule has 1 aromatic carbocycles. The molecule has 0 saturated heterocycles. The molecule has 6 heteroatoms. The van der Waals surface area contributed by atoms with Crippen molar-refractivity contribution >= 4 is 33.2 Å². The Balaban J connectivity index is 1.67. The highest BCUT2D eigenvalue weighted by Gasteiger charge is 2.04. The molecule has 1 N–H and O–H groups in total. The summed E-state index contributed by atoms with van der Waals surface area (Å²) in [7, 11) is 0. The number of pyridine rings is 1. The molecule has 21 heavy (non-hydrogen) atoms. The van der Waals surface area contributed by atoms with Crippen LogP contribution < -0.4 is 5.32 Å². The topological polar surface area (TPSA) is 29.3 Å². The Morgan fingerprint density at radius 1 is 1.19 bits per heavy atom. The second kappa shape index (κ2) is 6.13. The molecule has 0 atom stereocenters. The first kappa shape index (κ1) is 14.5. The summed E-state index contributed by atoms with van der Waals surface area (Å²) < 4.78 is 16.0. The van der Waals surface area contributed by atoms with Crippen molar-refractivity contribution in [2.45, 2.75) is 13.1 Å². The second-order valence-corrected chi connectivity index (χ2v) is 5.98. The van der Waals surface area contributed by atoms with Gasteiger partial charge in [-0.25, -0.2) is 9.37 Å². The molecule has 3 aromatic rings. The fraction of sp³-hybridized carbons (Fsp3) is 0.133. The zero-order chi connectivity index (χ0) is 14.8. The fourth-order valence-electron chi connectivity index (χ4n) is 2.11. The highest BCUT2D eigenvalue weighted by molar-refractivity contribution is 9.10. The maximum atomic E-state index is 13.2. The van der Waals surface area contributed by atoms with Crippen LogP contribution in [0.2, 0.25) is 5.02 Å². The Kier molecular flexibility index (Phi) is 4.24. The summed E-state index contributed by atoms with van der Waals surface area (Å²) in [5.41, 5.74) is 2.63. The molecule has 0 amide bonds. The summed E-state index contributed by atoms with van der Waals surface area (Å²) in [5, 5.41) is 3.93. The van der Waals surface area contributed by atoms with Crippen LogP contribution in [-0.4, -0.2) is 9.38 Å². The Morgan fingerprint density at radius 3 is 2.90 bits per heavy atom. The van der Waals surface area contributed by atoms with Crippen LogP contribution in [0.3, 0.4) is 0 Å². The standard InChI is InChI=1S/C15H12BrClFN3/c16-14-3-2-12(18)5-10(14)6-19-7-13-9-21-8-11(17)1-4-15(21)20-13/h1-5,8-9,19H,6-7H2. The maximum absolute atomic E-state index is 13.2. The van der Waals surface area contributed by atoms with Gasteiger partial charge >= 0.3 is 0 Å². The minimum absolute atomic E-state index is 0.239. The lowest BCUT2D eigenvalue weighted by molar-refractivity contribution is 0.618. The van der Waals surface area contributed by atoms with E-state index >= 15 is 0 Å². The molecule has 0 aliphatic heterocycles. The molecule has 3 nitrogen and oxygen atoms in total. The molecule has 2 aromatic heterocycles. The molecule has 0 radical (unpaired) electrons. The van der Waals surface area contributed by atoms with Crippen molar-refractivity contribution in [2.24, 2.45) is 0 Å². The number of fused-ring (bicyclic) bond motifs is 1. The number of hydrogen-bond acceptors (Lipinski definition) is 2. The van der Waals surface area contributed by atoms with Crippen LogP contribution in [0.15, 0.2) is 47.2 Å². The van der Waals surface area contributed by atoms with E-state index in [4.69, 9.17) is 11.6 Å². The van der Waals surface area contributed by atoms with E-state index in [0.29, 0.717) is 18.1 Å². The van der Waals surface area contributed by atoms with Crippen LogP contribution in [0.5, 0.6) is 0 Å². The third-order valence-corrected chi connectivity index (χ3v) is 4.09. The minimum atomic E-state index is -0.239. The predicted octanol–water partition coefficient (Wildman–Crippen LogP) is 4.18. The van der Waals surface area contributed by atoms with Crippen LogP contribution in [-0.2, 0) is 13.1 Å². The number of nitrogens with zero attached hydrogens (tertiary/aromatic N) is 2. The molecule has 0 saturated carbocycles. The van der Waals surface area contributed by atoms with Gasteiger partial charge in [-0.1, -0.05) is 27.5 Å². The van der Waals surface area contributed by atoms with Gasteiger partial charge in [0.15, 0.2) is 0 Å². The van der Waals surface area contributed by atoms with E-state index in [0.717, 1.165) is 21.4 Å². The maximum Gasteiger partial charge on any atom is 0.137 e. The summed E-state index contributed by atoms with van der Waals surface area (Å²) in [6, 6.07) is 8.33. The van der Waals surface area contributed by atoms with Gasteiger partial charge in [-0.05, 0) is 35.9 Å². The first-order chi connectivity index (χ1) is 10.1. The first-order valence-corrected chi connectivity index (χ1v) is 7.57. The van der Waals surface area contributed by atoms with Crippen molar-refractivity contribution in [2.75, 3.05) is 0 Å². The van der Waals surface area contributed by atoms with Gasteiger partial charge in [0.05, 0.1) is 10.7 Å². The van der Waals surface area contributed by atoms with Crippen molar-refractivity contribution in [3.05, 3.63) is 69.3 Å². The third-order valence-electron chi connectivity index (χ3n) is 3.09. The lowest BCUT2D eigenvalue weighted by atomic mass is 10.2. The van der Waals surface area contributed by atoms with Crippen LogP contribution in [0.4, 0.5) is 4.39 Å². The monoisotopic (exact) mass is 367 g/mol. The molecule has 0 fully saturated rings. The van der Waals surface area contributed by atoms with Gasteiger partial charge in [0.2, 0.25) is 0 Å². The lowest BCUT2D eigenvalue weighted by Crippen LogP contribution is -2.13. The molecule has 108 valence electrons. The Bertz CT molecular complexity index is 788. The van der Waals surface area contributed by atoms with E-state index in [1.807, 2.05) is 28.9 Å². The Hall–Kier alpha value is -1.43. The van der Waals surface area contributed by atoms with Gasteiger partial charge < -0.3 is 9.72 Å². The van der Waals surface area contributed by atoms with Gasteiger partial charge in [0.1, 0.15) is 11.5 Å². The number of benzene rings is 1. The second-order valence-electron chi connectivity index (χ2n) is 4.68. The molecular weight excluding hydrogens is 357 g/mol. The highest BCUT2D eigenvalue weighted by atomic mass is 79.9. The molecule has 0 aliphatic carbocycles. The summed E-state index contributed by atoms with van der Waals surface area (Å²) in [4.78, 5) is 4.48. The average molecular weight is 369 g/mol. The Morgan fingerprint density at radius 2 is 2.05 bits per heavy atom. The lowest BCUT2D eigenvalue weighted by Gasteiger charge is -2.05. The van der Waals surface area contributed by atoms with Gasteiger partial charge in [-0.15, -0.1) is 0 Å². The van der Waals surface area contributed by atoms with E-state index in [-0.39, 0.29) is 5.82 Å². The number of halogens is 3. The van der Waals surface area contributed by atoms with E-state index in [2.05, 4.69) is 26.2 Å². The van der Waals surface area contributed by atoms with E-state index in [1.54, 1.807) is 6.07 Å². The van der Waals surface area contributed by atoms with E-state index < -0.39 is 0 Å². The quantitative estimate of drug-likeness (QED) is 0.748. The average Bonchev–Trinajstić information content (AvgIpc) is 2.84. The van der Waals surface area contributed by atoms with E-state index in [9.17, 15) is 4.39 Å². The smallest absolute Gasteiger partial charge is 0.137 e. The van der Waals surface area contributed by atoms with Crippen molar-refractivity contribution in [3.8, 4) is 0 Å². The zero-order valence-electron chi connectivity index (χ0n) is 11.0. The highest BCUT2D eigenvalue weighted by Crippen LogP contribution is 2.18. The van der Waals surface area contributed by atoms with Gasteiger partial charge in [-0.3, -0.25) is 0 Å². The molecular formula is C15H12BrClFN3. The van der Waals surface area contributed by atoms with E-state index in [1.165, 1.54) is 12.1 Å². The number of nitrogens with one attached hydrogen (secondary N) is 1. The Labute approximate surface area is 134 Å². The summed E-state index contributed by atoms with van der Waals surface area (Å²) in [6.45, 7) is 1.16. The molecule has 2 heterocycles. The number of hydrogen-bond donors (Lipinski definition) is 1. The predicted molar refractivity (Wildman–Crippen MR) is 84.8 cm³/mol. The normalized spacial score (nSPS) is 11.2. The van der Waals surface area contributed by atoms with Crippen molar-refractivity contribution < 1.29 is 4.39 Å². The van der Waals surface area contributed by atoms with Crippen molar-refractivity contribution in [3.63, 3.8) is 0 Å². The molecule has 0 bridgehead atoms. The summed E-state index contributed by atoms with van der Waals surface area (Å²) in [5.74, 6) is -0.239. The van der Waals surface area contributed by atoms with Gasteiger partial charge in [0.25, 0.3) is 0 Å². The van der Waals surface area contributed by atoms with Gasteiger partial charge in [-0.2, -0.15) is 0 Å². The summed E-state index contributed by atoms with van der Waals surface area (Å²) >= 11 is 9.35. The number of imidazole rings is 1. The fourth-order valence-corrected chi connectivity index (χ4v) is 2.66. The van der Waals surface area contributed by atoms with Crippen LogP contribution >= 0.6 is 27.5 Å². The van der Waals surface area contributed by atoms with Crippen LogP contribution in [0.1, 0.15) is 11.3 Å². The molecule has 0 unspecified atom stereocenters. The van der Waals surface area contributed by atoms with Gasteiger partial charge in [0, 0.05) is 30.0 Å². The SMILES string of the molecule is Fc1ccc(Br)c(CNCc2cn3cc(Cl)ccc3n2)c1. The largest absolute Gasteiger partial charge is 0.307 e. The number of rotatable bonds is 4. The number of aromatic nitrogens is 2. The zero-order valence-corrected chi connectivity index (χ0v) is 13.3. The minimum Gasteiger partial charge on any atom is -0.307 e. The van der Waals surface area contributed by atoms with Crippen LogP contribution in [0.25, 0.3) is 5.65 Å². The molecule has 0 spiro atoms. The van der Waals surface area contributed by atoms with Crippen LogP contribution in [0, 0.1) is 5.82 Å². The van der Waals surface area contributed by atoms with Crippen molar-refractivity contribution in [1.29, 1.82) is 0 Å². The molecule has 3 rings (SSSR count). The molecule has 0 aliphatic rings. The van der Waals surface area contributed by atoms with Crippen molar-refractivity contribution in [1.82, 2.24) is 14.7 Å². The summed E-state index contributed by atoms with van der Waals surface area (Å²) in [6.07, 6.45) is 3.74.